The minimum Gasteiger partial charge on any atom is -0.382 e. The van der Waals surface area contributed by atoms with Gasteiger partial charge in [-0.15, -0.1) is 0 Å². The van der Waals surface area contributed by atoms with Crippen molar-refractivity contribution in [1.29, 1.82) is 5.26 Å². The molecule has 2 rings (SSSR count). The van der Waals surface area contributed by atoms with Crippen LogP contribution in [-0.4, -0.2) is 11.0 Å². The van der Waals surface area contributed by atoms with Gasteiger partial charge in [0.25, 0.3) is 0 Å². The van der Waals surface area contributed by atoms with Crippen LogP contribution in [0.4, 0.5) is 0 Å². The number of allylic oxidation sites excluding steroid dienone is 1. The predicted octanol–water partition coefficient (Wildman–Crippen LogP) is 3.59. The Hall–Kier alpha value is -2.47. The molecule has 2 N–H and O–H groups in total. The fourth-order valence-electron chi connectivity index (χ4n) is 1.94. The van der Waals surface area contributed by atoms with Crippen molar-refractivity contribution < 1.29 is 0 Å². The molecule has 0 aliphatic carbocycles. The molecule has 0 amide bonds. The van der Waals surface area contributed by atoms with E-state index in [1.165, 1.54) is 0 Å². The van der Waals surface area contributed by atoms with Crippen LogP contribution >= 0.6 is 0 Å². The third-order valence-electron chi connectivity index (χ3n) is 2.80. The van der Waals surface area contributed by atoms with Gasteiger partial charge in [0.05, 0.1) is 5.57 Å². The fourth-order valence-corrected chi connectivity index (χ4v) is 1.94. The summed E-state index contributed by atoms with van der Waals surface area (Å²) in [5.74, 6) is 0. The van der Waals surface area contributed by atoms with Crippen LogP contribution < -0.4 is 5.32 Å². The van der Waals surface area contributed by atoms with Crippen LogP contribution in [0.1, 0.15) is 19.4 Å². The van der Waals surface area contributed by atoms with Crippen molar-refractivity contribution in [3.05, 3.63) is 53.9 Å². The first-order chi connectivity index (χ1) is 9.10. The number of nitriles is 1. The molecule has 0 atom stereocenters. The molecule has 0 unspecified atom stereocenters. The molecule has 0 saturated carbocycles. The molecule has 19 heavy (non-hydrogen) atoms. The van der Waals surface area contributed by atoms with E-state index in [9.17, 15) is 5.26 Å². The molecule has 3 heteroatoms. The highest BCUT2D eigenvalue weighted by molar-refractivity contribution is 5.82. The largest absolute Gasteiger partial charge is 0.382 e. The Kier molecular flexibility index (Phi) is 3.72. The zero-order chi connectivity index (χ0) is 13.8. The maximum atomic E-state index is 9.22. The monoisotopic (exact) mass is 251 g/mol. The molecule has 96 valence electrons. The number of H-pyrrole nitrogens is 1. The minimum absolute atomic E-state index is 0.261. The van der Waals surface area contributed by atoms with Crippen molar-refractivity contribution in [3.8, 4) is 6.07 Å². The number of aromatic nitrogens is 1. The van der Waals surface area contributed by atoms with Gasteiger partial charge < -0.3 is 10.3 Å². The highest BCUT2D eigenvalue weighted by Crippen LogP contribution is 2.18. The lowest BCUT2D eigenvalue weighted by Crippen LogP contribution is -2.22. The SMILES string of the molecule is C=C(NC(C)C)/C(C#N)=C/c1ccc2[nH]ccc2c1. The van der Waals surface area contributed by atoms with Crippen molar-refractivity contribution in [2.24, 2.45) is 0 Å². The zero-order valence-corrected chi connectivity index (χ0v) is 11.2. The lowest BCUT2D eigenvalue weighted by Gasteiger charge is -2.11. The Balaban J connectivity index is 2.31. The number of nitrogens with zero attached hydrogens (tertiary/aromatic N) is 1. The molecule has 0 bridgehead atoms. The first kappa shape index (κ1) is 13.0. The summed E-state index contributed by atoms with van der Waals surface area (Å²) < 4.78 is 0. The molecule has 0 fully saturated rings. The highest BCUT2D eigenvalue weighted by Gasteiger charge is 2.04. The smallest absolute Gasteiger partial charge is 0.101 e. The number of rotatable bonds is 4. The van der Waals surface area contributed by atoms with Crippen LogP contribution in [0.3, 0.4) is 0 Å². The summed E-state index contributed by atoms with van der Waals surface area (Å²) in [6.07, 6.45) is 3.76. The van der Waals surface area contributed by atoms with E-state index < -0.39 is 0 Å². The van der Waals surface area contributed by atoms with Crippen molar-refractivity contribution in [2.45, 2.75) is 19.9 Å². The first-order valence-corrected chi connectivity index (χ1v) is 6.25. The second-order valence-electron chi connectivity index (χ2n) is 4.77. The van der Waals surface area contributed by atoms with Crippen LogP contribution in [0.5, 0.6) is 0 Å². The molecule has 1 aromatic carbocycles. The fraction of sp³-hybridized carbons (Fsp3) is 0.188. The summed E-state index contributed by atoms with van der Waals surface area (Å²) in [5.41, 5.74) is 3.31. The lowest BCUT2D eigenvalue weighted by atomic mass is 10.1. The number of aromatic amines is 1. The summed E-state index contributed by atoms with van der Waals surface area (Å²) in [7, 11) is 0. The van der Waals surface area contributed by atoms with Gasteiger partial charge >= 0.3 is 0 Å². The molecule has 0 aliphatic rings. The Morgan fingerprint density at radius 2 is 2.21 bits per heavy atom. The van der Waals surface area contributed by atoms with Crippen LogP contribution in [0, 0.1) is 11.3 Å². The second kappa shape index (κ2) is 5.45. The molecular weight excluding hydrogens is 234 g/mol. The number of nitrogens with one attached hydrogen (secondary N) is 2. The van der Waals surface area contributed by atoms with E-state index in [2.05, 4.69) is 22.9 Å². The zero-order valence-electron chi connectivity index (χ0n) is 11.2. The van der Waals surface area contributed by atoms with Gasteiger partial charge in [-0.05, 0) is 49.1 Å². The summed E-state index contributed by atoms with van der Waals surface area (Å²) in [4.78, 5) is 3.15. The van der Waals surface area contributed by atoms with Crippen LogP contribution in [0.25, 0.3) is 17.0 Å². The van der Waals surface area contributed by atoms with E-state index in [4.69, 9.17) is 0 Å². The molecule has 0 saturated heterocycles. The number of hydrogen-bond acceptors (Lipinski definition) is 2. The summed E-state index contributed by atoms with van der Waals surface area (Å²) in [5, 5.41) is 13.5. The quantitative estimate of drug-likeness (QED) is 0.644. The van der Waals surface area contributed by atoms with Gasteiger partial charge in [0, 0.05) is 23.5 Å². The summed E-state index contributed by atoms with van der Waals surface area (Å²) >= 11 is 0. The van der Waals surface area contributed by atoms with Gasteiger partial charge in [-0.3, -0.25) is 0 Å². The Morgan fingerprint density at radius 1 is 1.42 bits per heavy atom. The summed E-state index contributed by atoms with van der Waals surface area (Å²) in [6.45, 7) is 7.95. The van der Waals surface area contributed by atoms with Crippen LogP contribution in [0.15, 0.2) is 48.3 Å². The normalized spacial score (nSPS) is 11.6. The number of fused-ring (bicyclic) bond motifs is 1. The molecule has 1 heterocycles. The van der Waals surface area contributed by atoms with Crippen molar-refractivity contribution in [3.63, 3.8) is 0 Å². The third kappa shape index (κ3) is 3.05. The molecule has 0 aliphatic heterocycles. The van der Waals surface area contributed by atoms with Gasteiger partial charge in [0.15, 0.2) is 0 Å². The minimum atomic E-state index is 0.261. The highest BCUT2D eigenvalue weighted by atomic mass is 14.9. The average Bonchev–Trinajstić information content (AvgIpc) is 2.82. The van der Waals surface area contributed by atoms with Crippen molar-refractivity contribution >= 4 is 17.0 Å². The number of hydrogen-bond donors (Lipinski definition) is 2. The van der Waals surface area contributed by atoms with E-state index >= 15 is 0 Å². The maximum absolute atomic E-state index is 9.22. The molecule has 0 radical (unpaired) electrons. The Morgan fingerprint density at radius 3 is 2.89 bits per heavy atom. The van der Waals surface area contributed by atoms with E-state index in [-0.39, 0.29) is 6.04 Å². The van der Waals surface area contributed by atoms with Gasteiger partial charge in [-0.2, -0.15) is 5.26 Å². The van der Waals surface area contributed by atoms with Crippen molar-refractivity contribution in [1.82, 2.24) is 10.3 Å². The topological polar surface area (TPSA) is 51.6 Å². The predicted molar refractivity (Wildman–Crippen MR) is 79.3 cm³/mol. The molecule has 3 nitrogen and oxygen atoms in total. The van der Waals surface area contributed by atoms with E-state index in [1.54, 1.807) is 0 Å². The van der Waals surface area contributed by atoms with Gasteiger partial charge in [0.1, 0.15) is 6.07 Å². The van der Waals surface area contributed by atoms with Gasteiger partial charge in [0.2, 0.25) is 0 Å². The Bertz CT molecular complexity index is 669. The molecule has 2 aromatic rings. The molecule has 0 spiro atoms. The average molecular weight is 251 g/mol. The molecule has 1 aromatic heterocycles. The second-order valence-corrected chi connectivity index (χ2v) is 4.77. The first-order valence-electron chi connectivity index (χ1n) is 6.25. The molecular formula is C16H17N3. The van der Waals surface area contributed by atoms with E-state index in [0.717, 1.165) is 16.5 Å². The van der Waals surface area contributed by atoms with Crippen molar-refractivity contribution in [2.75, 3.05) is 0 Å². The van der Waals surface area contributed by atoms with E-state index in [0.29, 0.717) is 11.3 Å². The lowest BCUT2D eigenvalue weighted by molar-refractivity contribution is 0.680. The van der Waals surface area contributed by atoms with Crippen LogP contribution in [-0.2, 0) is 0 Å². The number of benzene rings is 1. The Labute approximate surface area is 113 Å². The maximum Gasteiger partial charge on any atom is 0.101 e. The van der Waals surface area contributed by atoms with Gasteiger partial charge in [-0.25, -0.2) is 0 Å². The third-order valence-corrected chi connectivity index (χ3v) is 2.80. The van der Waals surface area contributed by atoms with Gasteiger partial charge in [-0.1, -0.05) is 12.6 Å². The standard InChI is InChI=1S/C16H17N3/c1-11(2)19-12(3)15(10-17)9-13-4-5-16-14(8-13)6-7-18-16/h4-9,11,18-19H,3H2,1-2H3/b15-9+. The van der Waals surface area contributed by atoms with E-state index in [1.807, 2.05) is 50.4 Å². The van der Waals surface area contributed by atoms with Crippen LogP contribution in [0.2, 0.25) is 0 Å². The summed E-state index contributed by atoms with van der Waals surface area (Å²) in [6, 6.07) is 10.5.